The third-order valence-electron chi connectivity index (χ3n) is 3.51. The van der Waals surface area contributed by atoms with Gasteiger partial charge in [0.05, 0.1) is 7.11 Å². The third-order valence-corrected chi connectivity index (χ3v) is 3.51. The van der Waals surface area contributed by atoms with Crippen LogP contribution in [0, 0.1) is 17.3 Å². The number of carbonyl (C=O) groups is 3. The lowest BCUT2D eigenvalue weighted by atomic mass is 9.63. The number of methoxy groups -OCH3 is 1. The molecule has 1 saturated carbocycles. The van der Waals surface area contributed by atoms with Crippen LogP contribution in [-0.4, -0.2) is 37.4 Å². The van der Waals surface area contributed by atoms with Crippen molar-refractivity contribution >= 4 is 23.2 Å². The van der Waals surface area contributed by atoms with Crippen LogP contribution in [0.3, 0.4) is 0 Å². The fourth-order valence-electron chi connectivity index (χ4n) is 2.48. The van der Waals surface area contributed by atoms with E-state index in [-0.39, 0.29) is 12.2 Å². The van der Waals surface area contributed by atoms with Gasteiger partial charge in [0.15, 0.2) is 5.78 Å². The molecule has 1 rings (SSSR count). The number of aliphatic imine (C=N–C) groups is 1. The minimum Gasteiger partial charge on any atom is -0.468 e. The highest BCUT2D eigenvalue weighted by Crippen LogP contribution is 2.40. The molecule has 1 aliphatic rings. The Morgan fingerprint density at radius 3 is 2.39 bits per heavy atom. The van der Waals surface area contributed by atoms with Gasteiger partial charge >= 0.3 is 5.97 Å². The molecule has 0 bridgehead atoms. The zero-order chi connectivity index (χ0) is 14.1. The smallest absolute Gasteiger partial charge is 0.316 e. The molecule has 0 heterocycles. The number of ketones is 2. The van der Waals surface area contributed by atoms with Crippen molar-refractivity contribution in [2.45, 2.75) is 27.2 Å². The first-order valence-electron chi connectivity index (χ1n) is 5.83. The van der Waals surface area contributed by atoms with E-state index < -0.39 is 29.0 Å². The summed E-state index contributed by atoms with van der Waals surface area (Å²) in [6, 6.07) is 0. The van der Waals surface area contributed by atoms with Gasteiger partial charge in [0.1, 0.15) is 17.6 Å². The van der Waals surface area contributed by atoms with Crippen molar-refractivity contribution in [1.82, 2.24) is 0 Å². The van der Waals surface area contributed by atoms with Gasteiger partial charge < -0.3 is 4.74 Å². The van der Waals surface area contributed by atoms with Gasteiger partial charge in [-0.2, -0.15) is 0 Å². The van der Waals surface area contributed by atoms with Crippen molar-refractivity contribution in [3.05, 3.63) is 0 Å². The first-order valence-corrected chi connectivity index (χ1v) is 5.83. The Labute approximate surface area is 107 Å². The van der Waals surface area contributed by atoms with E-state index in [0.29, 0.717) is 5.71 Å². The van der Waals surface area contributed by atoms with Crippen LogP contribution in [0.15, 0.2) is 4.99 Å². The summed E-state index contributed by atoms with van der Waals surface area (Å²) in [4.78, 5) is 40.0. The highest BCUT2D eigenvalue weighted by Gasteiger charge is 2.52. The second-order valence-electron chi connectivity index (χ2n) is 5.29. The standard InChI is InChI=1S/C13H19NO4/c1-7(14-4)9-8(15)6-13(2,3)10(11(9)16)12(17)18-5/h9-10H,6H2,1-5H3/t9?,10-/m1/s1. The molecule has 0 aromatic heterocycles. The van der Waals surface area contributed by atoms with Crippen molar-refractivity contribution in [2.24, 2.45) is 22.2 Å². The number of hydrogen-bond donors (Lipinski definition) is 0. The molecule has 5 heteroatoms. The van der Waals surface area contributed by atoms with Gasteiger partial charge in [-0.15, -0.1) is 0 Å². The molecule has 1 fully saturated rings. The molecular weight excluding hydrogens is 234 g/mol. The van der Waals surface area contributed by atoms with Crippen LogP contribution in [-0.2, 0) is 19.1 Å². The molecule has 0 aliphatic heterocycles. The van der Waals surface area contributed by atoms with E-state index in [2.05, 4.69) is 9.73 Å². The molecule has 0 aromatic carbocycles. The number of Topliss-reactive ketones (excluding diaryl/α,β-unsaturated/α-hetero) is 2. The summed E-state index contributed by atoms with van der Waals surface area (Å²) in [5, 5.41) is 0. The predicted octanol–water partition coefficient (Wildman–Crippen LogP) is 1.05. The van der Waals surface area contributed by atoms with Gasteiger partial charge in [0.25, 0.3) is 0 Å². The Kier molecular flexibility index (Phi) is 4.04. The van der Waals surface area contributed by atoms with Crippen molar-refractivity contribution in [3.8, 4) is 0 Å². The fourth-order valence-corrected chi connectivity index (χ4v) is 2.48. The molecule has 2 atom stereocenters. The van der Waals surface area contributed by atoms with Crippen LogP contribution in [0.2, 0.25) is 0 Å². The quantitative estimate of drug-likeness (QED) is 0.419. The van der Waals surface area contributed by atoms with Gasteiger partial charge in [0.2, 0.25) is 0 Å². The largest absolute Gasteiger partial charge is 0.468 e. The van der Waals surface area contributed by atoms with Crippen LogP contribution in [0.1, 0.15) is 27.2 Å². The Morgan fingerprint density at radius 1 is 1.39 bits per heavy atom. The third kappa shape index (κ3) is 2.35. The molecule has 0 N–H and O–H groups in total. The summed E-state index contributed by atoms with van der Waals surface area (Å²) >= 11 is 0. The summed E-state index contributed by atoms with van der Waals surface area (Å²) in [6.07, 6.45) is 0.177. The van der Waals surface area contributed by atoms with Crippen molar-refractivity contribution in [2.75, 3.05) is 14.2 Å². The van der Waals surface area contributed by atoms with E-state index >= 15 is 0 Å². The Bertz CT molecular complexity index is 423. The SMILES string of the molecule is CN=C(C)C1C(=O)CC(C)(C)[C@@H](C(=O)OC)C1=O. The lowest BCUT2D eigenvalue weighted by Gasteiger charge is -2.37. The maximum atomic E-state index is 12.3. The maximum absolute atomic E-state index is 12.3. The normalized spacial score (nSPS) is 28.2. The summed E-state index contributed by atoms with van der Waals surface area (Å²) in [5.41, 5.74) is -0.249. The van der Waals surface area contributed by atoms with E-state index in [9.17, 15) is 14.4 Å². The summed E-state index contributed by atoms with van der Waals surface area (Å²) in [7, 11) is 2.78. The highest BCUT2D eigenvalue weighted by molar-refractivity contribution is 6.25. The van der Waals surface area contributed by atoms with Crippen LogP contribution >= 0.6 is 0 Å². The van der Waals surface area contributed by atoms with E-state index in [1.165, 1.54) is 14.2 Å². The molecule has 0 saturated heterocycles. The maximum Gasteiger partial charge on any atom is 0.316 e. The van der Waals surface area contributed by atoms with Crippen LogP contribution < -0.4 is 0 Å². The molecule has 5 nitrogen and oxygen atoms in total. The zero-order valence-electron chi connectivity index (χ0n) is 11.4. The summed E-state index contributed by atoms with van der Waals surface area (Å²) < 4.78 is 4.68. The Hall–Kier alpha value is -1.52. The number of nitrogens with zero attached hydrogens (tertiary/aromatic N) is 1. The van der Waals surface area contributed by atoms with Gasteiger partial charge in [0, 0.05) is 19.2 Å². The van der Waals surface area contributed by atoms with Crippen LogP contribution in [0.5, 0.6) is 0 Å². The lowest BCUT2D eigenvalue weighted by Crippen LogP contribution is -2.51. The minimum atomic E-state index is -0.901. The molecule has 0 amide bonds. The average Bonchev–Trinajstić information content (AvgIpc) is 2.26. The number of carbonyl (C=O) groups excluding carboxylic acids is 3. The van der Waals surface area contributed by atoms with Gasteiger partial charge in [-0.3, -0.25) is 19.4 Å². The predicted molar refractivity (Wildman–Crippen MR) is 66.4 cm³/mol. The first kappa shape index (κ1) is 14.5. The number of hydrogen-bond acceptors (Lipinski definition) is 5. The number of esters is 1. The highest BCUT2D eigenvalue weighted by atomic mass is 16.5. The number of ether oxygens (including phenoxy) is 1. The fraction of sp³-hybridized carbons (Fsp3) is 0.692. The van der Waals surface area contributed by atoms with E-state index in [0.717, 1.165) is 0 Å². The van der Waals surface area contributed by atoms with Gasteiger partial charge in [-0.1, -0.05) is 13.8 Å². The van der Waals surface area contributed by atoms with Crippen molar-refractivity contribution in [1.29, 1.82) is 0 Å². The second kappa shape index (κ2) is 5.00. The minimum absolute atomic E-state index is 0.173. The summed E-state index contributed by atoms with van der Waals surface area (Å²) in [6.45, 7) is 5.10. The molecule has 1 aliphatic carbocycles. The van der Waals surface area contributed by atoms with Gasteiger partial charge in [-0.05, 0) is 12.3 Å². The molecule has 18 heavy (non-hydrogen) atoms. The van der Waals surface area contributed by atoms with Crippen molar-refractivity contribution < 1.29 is 19.1 Å². The number of rotatable bonds is 2. The molecule has 0 radical (unpaired) electrons. The topological polar surface area (TPSA) is 72.8 Å². The average molecular weight is 253 g/mol. The molecular formula is C13H19NO4. The first-order chi connectivity index (χ1) is 8.26. The Balaban J connectivity index is 3.21. The zero-order valence-corrected chi connectivity index (χ0v) is 11.4. The Morgan fingerprint density at radius 2 is 1.94 bits per heavy atom. The van der Waals surface area contributed by atoms with E-state index in [4.69, 9.17) is 0 Å². The van der Waals surface area contributed by atoms with Crippen LogP contribution in [0.25, 0.3) is 0 Å². The monoisotopic (exact) mass is 253 g/mol. The molecule has 100 valence electrons. The van der Waals surface area contributed by atoms with Crippen LogP contribution in [0.4, 0.5) is 0 Å². The van der Waals surface area contributed by atoms with E-state index in [1.807, 2.05) is 0 Å². The van der Waals surface area contributed by atoms with E-state index in [1.54, 1.807) is 20.8 Å². The van der Waals surface area contributed by atoms with Gasteiger partial charge in [-0.25, -0.2) is 0 Å². The summed E-state index contributed by atoms with van der Waals surface area (Å²) in [5.74, 6) is -2.94. The molecule has 0 spiro atoms. The lowest BCUT2D eigenvalue weighted by molar-refractivity contribution is -0.159. The second-order valence-corrected chi connectivity index (χ2v) is 5.29. The van der Waals surface area contributed by atoms with Crippen molar-refractivity contribution in [3.63, 3.8) is 0 Å². The molecule has 0 aromatic rings. The molecule has 1 unspecified atom stereocenters.